The van der Waals surface area contributed by atoms with Crippen molar-refractivity contribution in [3.05, 3.63) is 35.0 Å². The third-order valence-electron chi connectivity index (χ3n) is 2.55. The molecule has 0 saturated heterocycles. The molecule has 0 bridgehead atoms. The fourth-order valence-corrected chi connectivity index (χ4v) is 4.06. The number of H-pyrrole nitrogens is 1. The fraction of sp³-hybridized carbons (Fsp3) is 0.167. The average Bonchev–Trinajstić information content (AvgIpc) is 2.77. The molecule has 0 aliphatic carbocycles. The third-order valence-corrected chi connectivity index (χ3v) is 4.68. The van der Waals surface area contributed by atoms with Crippen molar-refractivity contribution in [3.63, 3.8) is 0 Å². The first kappa shape index (κ1) is 9.19. The van der Waals surface area contributed by atoms with Gasteiger partial charge in [-0.1, -0.05) is 0 Å². The Labute approximate surface area is 96.4 Å². The van der Waals surface area contributed by atoms with E-state index < -0.39 is 0 Å². The van der Waals surface area contributed by atoms with E-state index in [0.29, 0.717) is 0 Å². The van der Waals surface area contributed by atoms with Gasteiger partial charge in [-0.15, -0.1) is 22.7 Å². The molecule has 3 aromatic heterocycles. The number of thiophene rings is 2. The van der Waals surface area contributed by atoms with Gasteiger partial charge < -0.3 is 4.98 Å². The molecular weight excluding hydrogens is 222 g/mol. The molecule has 0 radical (unpaired) electrons. The minimum Gasteiger partial charge on any atom is -0.362 e. The molecule has 0 spiro atoms. The number of nitrogens with one attached hydrogen (secondary N) is 1. The van der Waals surface area contributed by atoms with Gasteiger partial charge in [0, 0.05) is 31.2 Å². The highest BCUT2D eigenvalue weighted by Crippen LogP contribution is 2.37. The van der Waals surface area contributed by atoms with E-state index in [-0.39, 0.29) is 0 Å². The zero-order valence-electron chi connectivity index (χ0n) is 8.63. The van der Waals surface area contributed by atoms with Crippen LogP contribution in [-0.4, -0.2) is 4.98 Å². The third kappa shape index (κ3) is 1.43. The van der Waals surface area contributed by atoms with Crippen LogP contribution < -0.4 is 0 Å². The van der Waals surface area contributed by atoms with Gasteiger partial charge in [0.05, 0.1) is 0 Å². The summed E-state index contributed by atoms with van der Waals surface area (Å²) in [6, 6.07) is 6.72. The van der Waals surface area contributed by atoms with Crippen LogP contribution in [0.1, 0.15) is 11.4 Å². The zero-order valence-corrected chi connectivity index (χ0v) is 10.3. The summed E-state index contributed by atoms with van der Waals surface area (Å²) in [5.74, 6) is 0. The van der Waals surface area contributed by atoms with Crippen molar-refractivity contribution in [2.24, 2.45) is 0 Å². The first-order valence-electron chi connectivity index (χ1n) is 4.87. The van der Waals surface area contributed by atoms with Gasteiger partial charge in [-0.05, 0) is 37.4 Å². The molecule has 0 aliphatic heterocycles. The second-order valence-corrected chi connectivity index (χ2v) is 5.78. The summed E-state index contributed by atoms with van der Waals surface area (Å²) in [5.41, 5.74) is 3.85. The number of hydrogen-bond acceptors (Lipinski definition) is 2. The molecule has 3 rings (SSSR count). The number of hydrogen-bond donors (Lipinski definition) is 1. The van der Waals surface area contributed by atoms with E-state index in [2.05, 4.69) is 42.4 Å². The van der Waals surface area contributed by atoms with Crippen molar-refractivity contribution < 1.29 is 0 Å². The normalized spacial score (nSPS) is 11.3. The molecule has 0 unspecified atom stereocenters. The molecule has 1 N–H and O–H groups in total. The van der Waals surface area contributed by atoms with Crippen LogP contribution in [0.15, 0.2) is 23.6 Å². The number of aromatic amines is 1. The van der Waals surface area contributed by atoms with Crippen LogP contribution in [-0.2, 0) is 0 Å². The van der Waals surface area contributed by atoms with Crippen LogP contribution in [0.3, 0.4) is 0 Å². The molecule has 0 aromatic carbocycles. The predicted octanol–water partition coefficient (Wildman–Crippen LogP) is 4.57. The van der Waals surface area contributed by atoms with Gasteiger partial charge in [-0.2, -0.15) is 0 Å². The van der Waals surface area contributed by atoms with Crippen LogP contribution >= 0.6 is 22.7 Å². The Bertz CT molecular complexity index is 584. The maximum Gasteiger partial charge on any atom is 0.0457 e. The van der Waals surface area contributed by atoms with E-state index in [9.17, 15) is 0 Å². The zero-order chi connectivity index (χ0) is 10.4. The Kier molecular flexibility index (Phi) is 1.97. The Hall–Kier alpha value is -1.06. The minimum absolute atomic E-state index is 1.24. The summed E-state index contributed by atoms with van der Waals surface area (Å²) in [6.45, 7) is 4.24. The maximum atomic E-state index is 3.35. The average molecular weight is 233 g/mol. The molecule has 3 heterocycles. The largest absolute Gasteiger partial charge is 0.362 e. The summed E-state index contributed by atoms with van der Waals surface area (Å²) < 4.78 is 2.79. The Morgan fingerprint density at radius 2 is 2.00 bits per heavy atom. The first-order valence-corrected chi connectivity index (χ1v) is 6.57. The molecule has 1 nitrogen and oxygen atoms in total. The molecule has 76 valence electrons. The molecule has 0 saturated carbocycles. The van der Waals surface area contributed by atoms with E-state index in [0.717, 1.165) is 0 Å². The van der Waals surface area contributed by atoms with Gasteiger partial charge in [-0.25, -0.2) is 0 Å². The van der Waals surface area contributed by atoms with Gasteiger partial charge >= 0.3 is 0 Å². The Morgan fingerprint density at radius 1 is 1.13 bits per heavy atom. The van der Waals surface area contributed by atoms with Gasteiger partial charge in [0.25, 0.3) is 0 Å². The highest BCUT2D eigenvalue weighted by Gasteiger charge is 2.09. The van der Waals surface area contributed by atoms with Crippen LogP contribution in [0.5, 0.6) is 0 Å². The number of rotatable bonds is 1. The maximum absolute atomic E-state index is 3.35. The van der Waals surface area contributed by atoms with Crippen molar-refractivity contribution in [2.45, 2.75) is 13.8 Å². The highest BCUT2D eigenvalue weighted by atomic mass is 32.1. The standard InChI is InChI=1S/C12H11NS2/c1-7-5-9(8(2)13-7)11-6-12-10(15-11)3-4-14-12/h3-6,13H,1-2H3. The van der Waals surface area contributed by atoms with Crippen molar-refractivity contribution in [3.8, 4) is 10.4 Å². The van der Waals surface area contributed by atoms with Crippen molar-refractivity contribution in [1.82, 2.24) is 4.98 Å². The summed E-state index contributed by atoms with van der Waals surface area (Å²) in [5, 5.41) is 2.15. The second-order valence-electron chi connectivity index (χ2n) is 3.75. The van der Waals surface area contributed by atoms with E-state index >= 15 is 0 Å². The van der Waals surface area contributed by atoms with Crippen LogP contribution in [0, 0.1) is 13.8 Å². The number of fused-ring (bicyclic) bond motifs is 1. The predicted molar refractivity (Wildman–Crippen MR) is 69.0 cm³/mol. The van der Waals surface area contributed by atoms with E-state index in [1.165, 1.54) is 31.2 Å². The van der Waals surface area contributed by atoms with Crippen molar-refractivity contribution in [1.29, 1.82) is 0 Å². The van der Waals surface area contributed by atoms with Crippen LogP contribution in [0.4, 0.5) is 0 Å². The van der Waals surface area contributed by atoms with Crippen LogP contribution in [0.25, 0.3) is 19.8 Å². The molecule has 0 amide bonds. The molecule has 3 aromatic rings. The number of aryl methyl sites for hydroxylation is 2. The summed E-state index contributed by atoms with van der Waals surface area (Å²) in [7, 11) is 0. The van der Waals surface area contributed by atoms with Gasteiger partial charge in [-0.3, -0.25) is 0 Å². The molecule has 3 heteroatoms. The Morgan fingerprint density at radius 3 is 2.67 bits per heavy atom. The summed E-state index contributed by atoms with van der Waals surface area (Å²) in [6.07, 6.45) is 0. The molecule has 0 atom stereocenters. The molecule has 0 aliphatic rings. The smallest absolute Gasteiger partial charge is 0.0457 e. The van der Waals surface area contributed by atoms with E-state index in [1.54, 1.807) is 0 Å². The lowest BCUT2D eigenvalue weighted by molar-refractivity contribution is 1.19. The highest BCUT2D eigenvalue weighted by molar-refractivity contribution is 7.28. The first-order chi connectivity index (χ1) is 7.24. The number of aromatic nitrogens is 1. The summed E-state index contributed by atoms with van der Waals surface area (Å²) >= 11 is 3.69. The Balaban J connectivity index is 2.21. The second kappa shape index (κ2) is 3.22. The topological polar surface area (TPSA) is 15.8 Å². The monoisotopic (exact) mass is 233 g/mol. The van der Waals surface area contributed by atoms with E-state index in [4.69, 9.17) is 0 Å². The van der Waals surface area contributed by atoms with Gasteiger partial charge in [0.15, 0.2) is 0 Å². The fourth-order valence-electron chi connectivity index (χ4n) is 1.88. The lowest BCUT2D eigenvalue weighted by Crippen LogP contribution is -1.73. The van der Waals surface area contributed by atoms with Crippen molar-refractivity contribution in [2.75, 3.05) is 0 Å². The quantitative estimate of drug-likeness (QED) is 0.633. The van der Waals surface area contributed by atoms with Crippen LogP contribution in [0.2, 0.25) is 0 Å². The minimum atomic E-state index is 1.24. The van der Waals surface area contributed by atoms with Gasteiger partial charge in [0.2, 0.25) is 0 Å². The van der Waals surface area contributed by atoms with Gasteiger partial charge in [0.1, 0.15) is 0 Å². The molecule has 15 heavy (non-hydrogen) atoms. The van der Waals surface area contributed by atoms with E-state index in [1.807, 2.05) is 22.7 Å². The van der Waals surface area contributed by atoms with Crippen molar-refractivity contribution >= 4 is 32.1 Å². The lowest BCUT2D eigenvalue weighted by Gasteiger charge is -1.92. The SMILES string of the molecule is Cc1cc(-c2cc3sccc3s2)c(C)[nH]1. The molecule has 0 fully saturated rings. The lowest BCUT2D eigenvalue weighted by atomic mass is 10.2. The summed E-state index contributed by atoms with van der Waals surface area (Å²) in [4.78, 5) is 4.73. The molecular formula is C12H11NS2.